The lowest BCUT2D eigenvalue weighted by Gasteiger charge is -2.14. The quantitative estimate of drug-likeness (QED) is 0.656. The number of anilines is 2. The van der Waals surface area contributed by atoms with E-state index in [1.54, 1.807) is 0 Å². The van der Waals surface area contributed by atoms with Crippen molar-refractivity contribution in [2.75, 3.05) is 10.6 Å². The topological polar surface area (TPSA) is 114 Å². The summed E-state index contributed by atoms with van der Waals surface area (Å²) in [6, 6.07) is 5.82. The fourth-order valence-corrected chi connectivity index (χ4v) is 2.93. The van der Waals surface area contributed by atoms with E-state index in [2.05, 4.69) is 15.6 Å². The van der Waals surface area contributed by atoms with Crippen LogP contribution in [-0.2, 0) is 4.79 Å². The van der Waals surface area contributed by atoms with E-state index >= 15 is 0 Å². The molecule has 0 saturated carbocycles. The van der Waals surface area contributed by atoms with Crippen LogP contribution in [0.25, 0.3) is 0 Å². The van der Waals surface area contributed by atoms with Crippen LogP contribution in [0.1, 0.15) is 35.7 Å². The van der Waals surface area contributed by atoms with E-state index in [-0.39, 0.29) is 23.2 Å². The minimum absolute atomic E-state index is 0.0199. The number of pyridine rings is 1. The van der Waals surface area contributed by atoms with Crippen LogP contribution >= 0.6 is 0 Å². The highest BCUT2D eigenvalue weighted by molar-refractivity contribution is 6.08. The van der Waals surface area contributed by atoms with Crippen LogP contribution in [0.2, 0.25) is 0 Å². The summed E-state index contributed by atoms with van der Waals surface area (Å²) < 4.78 is 0. The third kappa shape index (κ3) is 3.06. The second-order valence-electron chi connectivity index (χ2n) is 6.11. The number of nitrogens with one attached hydrogen (secondary N) is 2. The van der Waals surface area contributed by atoms with Gasteiger partial charge in [-0.3, -0.25) is 24.7 Å². The first-order valence-electron chi connectivity index (χ1n) is 7.73. The van der Waals surface area contributed by atoms with Crippen molar-refractivity contribution in [3.05, 3.63) is 57.9 Å². The first kappa shape index (κ1) is 16.6. The Hall–Kier alpha value is -3.29. The van der Waals surface area contributed by atoms with Crippen LogP contribution in [0.15, 0.2) is 36.7 Å². The smallest absolute Gasteiger partial charge is 0.294 e. The first-order chi connectivity index (χ1) is 11.9. The maximum Gasteiger partial charge on any atom is 0.294 e. The van der Waals surface area contributed by atoms with Gasteiger partial charge < -0.3 is 10.6 Å². The summed E-state index contributed by atoms with van der Waals surface area (Å²) in [5.41, 5.74) is 1.19. The van der Waals surface area contributed by atoms with E-state index in [1.807, 2.05) is 13.8 Å². The monoisotopic (exact) mass is 340 g/mol. The molecule has 2 amide bonds. The van der Waals surface area contributed by atoms with Crippen molar-refractivity contribution in [3.63, 3.8) is 0 Å². The zero-order chi connectivity index (χ0) is 18.1. The predicted octanol–water partition coefficient (Wildman–Crippen LogP) is 2.93. The average molecular weight is 340 g/mol. The number of nitrogens with zero attached hydrogens (tertiary/aromatic N) is 2. The number of nitro groups is 1. The van der Waals surface area contributed by atoms with Crippen LogP contribution in [0.5, 0.6) is 0 Å². The van der Waals surface area contributed by atoms with Gasteiger partial charge in [0.1, 0.15) is 5.69 Å². The number of carbonyl (C=O) groups excluding carboxylic acids is 2. The maximum absolute atomic E-state index is 12.3. The molecule has 1 aromatic heterocycles. The number of hydrogen-bond donors (Lipinski definition) is 2. The third-order valence-corrected chi connectivity index (χ3v) is 4.10. The Kier molecular flexibility index (Phi) is 4.18. The minimum atomic E-state index is -0.586. The molecule has 2 heterocycles. The molecule has 1 aliphatic heterocycles. The first-order valence-corrected chi connectivity index (χ1v) is 7.73. The van der Waals surface area contributed by atoms with Crippen molar-refractivity contribution >= 4 is 28.9 Å². The number of rotatable bonds is 4. The van der Waals surface area contributed by atoms with Crippen molar-refractivity contribution in [1.82, 2.24) is 4.98 Å². The molecule has 0 spiro atoms. The Morgan fingerprint density at radius 1 is 1.32 bits per heavy atom. The lowest BCUT2D eigenvalue weighted by atomic mass is 9.89. The van der Waals surface area contributed by atoms with Crippen LogP contribution in [0.3, 0.4) is 0 Å². The zero-order valence-corrected chi connectivity index (χ0v) is 13.6. The highest BCUT2D eigenvalue weighted by Gasteiger charge is 2.35. The van der Waals surface area contributed by atoms with Crippen molar-refractivity contribution in [2.24, 2.45) is 5.92 Å². The number of amides is 2. The van der Waals surface area contributed by atoms with Gasteiger partial charge in [-0.25, -0.2) is 0 Å². The Morgan fingerprint density at radius 3 is 2.60 bits per heavy atom. The van der Waals surface area contributed by atoms with Gasteiger partial charge in [0.25, 0.3) is 11.6 Å². The van der Waals surface area contributed by atoms with E-state index in [9.17, 15) is 19.7 Å². The Bertz CT molecular complexity index is 864. The molecule has 3 rings (SSSR count). The molecule has 0 saturated heterocycles. The van der Waals surface area contributed by atoms with Gasteiger partial charge >= 0.3 is 0 Å². The number of hydrogen-bond acceptors (Lipinski definition) is 5. The molecule has 1 aliphatic rings. The summed E-state index contributed by atoms with van der Waals surface area (Å²) in [7, 11) is 0. The molecule has 0 bridgehead atoms. The molecular weight excluding hydrogens is 324 g/mol. The highest BCUT2D eigenvalue weighted by Crippen LogP contribution is 2.42. The van der Waals surface area contributed by atoms with Gasteiger partial charge in [0.2, 0.25) is 5.91 Å². The Balaban J connectivity index is 2.03. The van der Waals surface area contributed by atoms with Crippen LogP contribution in [0, 0.1) is 16.0 Å². The molecule has 8 nitrogen and oxygen atoms in total. The third-order valence-electron chi connectivity index (χ3n) is 4.10. The predicted molar refractivity (Wildman–Crippen MR) is 91.5 cm³/mol. The number of fused-ring (bicyclic) bond motifs is 1. The summed E-state index contributed by atoms with van der Waals surface area (Å²) in [5.74, 6) is -1.07. The molecule has 2 aromatic rings. The molecule has 25 heavy (non-hydrogen) atoms. The zero-order valence-electron chi connectivity index (χ0n) is 13.6. The SMILES string of the molecule is CC(C)C1C(=O)Nc2cc([N+](=O)[O-])c(NC(=O)c3ccncc3)cc21. The summed E-state index contributed by atoms with van der Waals surface area (Å²) in [6.45, 7) is 3.80. The van der Waals surface area contributed by atoms with Crippen LogP contribution < -0.4 is 10.6 Å². The van der Waals surface area contributed by atoms with Crippen molar-refractivity contribution in [2.45, 2.75) is 19.8 Å². The molecule has 0 aliphatic carbocycles. The van der Waals surface area contributed by atoms with Gasteiger partial charge in [0.05, 0.1) is 16.5 Å². The number of nitro benzene ring substituents is 1. The highest BCUT2D eigenvalue weighted by atomic mass is 16.6. The van der Waals surface area contributed by atoms with Gasteiger partial charge in [0.15, 0.2) is 0 Å². The molecule has 128 valence electrons. The van der Waals surface area contributed by atoms with E-state index in [0.717, 1.165) is 0 Å². The van der Waals surface area contributed by atoms with Crippen molar-refractivity contribution in [3.8, 4) is 0 Å². The van der Waals surface area contributed by atoms with Crippen LogP contribution in [0.4, 0.5) is 17.1 Å². The molecule has 1 unspecified atom stereocenters. The van der Waals surface area contributed by atoms with Gasteiger partial charge in [0, 0.05) is 24.0 Å². The lowest BCUT2D eigenvalue weighted by Crippen LogP contribution is -2.17. The second-order valence-corrected chi connectivity index (χ2v) is 6.11. The molecule has 8 heteroatoms. The standard InChI is InChI=1S/C17H16N4O4/c1-9(2)15-11-7-13(20-16(22)10-3-5-18-6-4-10)14(21(24)25)8-12(11)19-17(15)23/h3-9,15H,1-2H3,(H,19,23)(H,20,22). The molecule has 1 aromatic carbocycles. The number of aromatic nitrogens is 1. The largest absolute Gasteiger partial charge is 0.325 e. The fourth-order valence-electron chi connectivity index (χ4n) is 2.93. The van der Waals surface area contributed by atoms with E-state index in [4.69, 9.17) is 0 Å². The second kappa shape index (κ2) is 6.31. The van der Waals surface area contributed by atoms with Gasteiger partial charge in [-0.2, -0.15) is 0 Å². The normalized spacial score (nSPS) is 15.6. The van der Waals surface area contributed by atoms with Crippen LogP contribution in [-0.4, -0.2) is 21.7 Å². The van der Waals surface area contributed by atoms with Gasteiger partial charge in [-0.15, -0.1) is 0 Å². The fraction of sp³-hybridized carbons (Fsp3) is 0.235. The van der Waals surface area contributed by atoms with E-state index in [1.165, 1.54) is 36.7 Å². The molecule has 1 atom stereocenters. The molecule has 0 fully saturated rings. The lowest BCUT2D eigenvalue weighted by molar-refractivity contribution is -0.383. The molecule has 2 N–H and O–H groups in total. The maximum atomic E-state index is 12.3. The molecule has 0 radical (unpaired) electrons. The minimum Gasteiger partial charge on any atom is -0.325 e. The van der Waals surface area contributed by atoms with Gasteiger partial charge in [-0.1, -0.05) is 13.8 Å². The number of carbonyl (C=O) groups is 2. The van der Waals surface area contributed by atoms with Crippen molar-refractivity contribution < 1.29 is 14.5 Å². The van der Waals surface area contributed by atoms with E-state index < -0.39 is 16.7 Å². The Labute approximate surface area is 143 Å². The average Bonchev–Trinajstić information content (AvgIpc) is 2.89. The Morgan fingerprint density at radius 2 is 2.00 bits per heavy atom. The van der Waals surface area contributed by atoms with Gasteiger partial charge in [-0.05, 0) is 29.7 Å². The summed E-state index contributed by atoms with van der Waals surface area (Å²) in [4.78, 5) is 39.1. The molecular formula is C17H16N4O4. The summed E-state index contributed by atoms with van der Waals surface area (Å²) >= 11 is 0. The number of benzene rings is 1. The summed E-state index contributed by atoms with van der Waals surface area (Å²) in [5, 5.41) is 16.6. The van der Waals surface area contributed by atoms with Crippen molar-refractivity contribution in [1.29, 1.82) is 0 Å². The summed E-state index contributed by atoms with van der Waals surface area (Å²) in [6.07, 6.45) is 2.92. The van der Waals surface area contributed by atoms with E-state index in [0.29, 0.717) is 16.8 Å².